The summed E-state index contributed by atoms with van der Waals surface area (Å²) in [4.78, 5) is 14.5. The molecule has 15 heavy (non-hydrogen) atoms. The summed E-state index contributed by atoms with van der Waals surface area (Å²) in [6, 6.07) is 5.73. The van der Waals surface area contributed by atoms with E-state index in [2.05, 4.69) is 0 Å². The van der Waals surface area contributed by atoms with Crippen LogP contribution in [-0.4, -0.2) is 18.2 Å². The average Bonchev–Trinajstić information content (AvgIpc) is 2.39. The van der Waals surface area contributed by atoms with E-state index in [0.717, 1.165) is 29.3 Å². The summed E-state index contributed by atoms with van der Waals surface area (Å²) in [7, 11) is 0. The van der Waals surface area contributed by atoms with Crippen LogP contribution in [0.15, 0.2) is 23.1 Å². The van der Waals surface area contributed by atoms with E-state index < -0.39 is 0 Å². The van der Waals surface area contributed by atoms with Crippen LogP contribution in [-0.2, 0) is 4.79 Å². The molecule has 0 unspecified atom stereocenters. The molecule has 2 rings (SSSR count). The summed E-state index contributed by atoms with van der Waals surface area (Å²) >= 11 is 7.74. The predicted octanol–water partition coefficient (Wildman–Crippen LogP) is 3.19. The highest BCUT2D eigenvalue weighted by molar-refractivity contribution is 7.99. The quantitative estimate of drug-likeness (QED) is 0.695. The van der Waals surface area contributed by atoms with Crippen LogP contribution in [0.2, 0.25) is 5.02 Å². The third-order valence-electron chi connectivity index (χ3n) is 2.38. The first-order valence-electron chi connectivity index (χ1n) is 4.89. The van der Waals surface area contributed by atoms with Gasteiger partial charge in [0.2, 0.25) is 5.91 Å². The van der Waals surface area contributed by atoms with Gasteiger partial charge in [-0.1, -0.05) is 11.6 Å². The molecule has 1 aliphatic heterocycles. The molecule has 0 bridgehead atoms. The summed E-state index contributed by atoms with van der Waals surface area (Å²) in [5.74, 6) is 1.14. The van der Waals surface area contributed by atoms with Crippen LogP contribution in [0.5, 0.6) is 0 Å². The molecule has 0 radical (unpaired) electrons. The topological polar surface area (TPSA) is 20.3 Å². The number of halogens is 1. The Bertz CT molecular complexity index is 394. The van der Waals surface area contributed by atoms with E-state index in [1.54, 1.807) is 23.6 Å². The molecular formula is C11H12ClNOS. The standard InChI is InChI=1S/C11H12ClNOS/c1-8(14)13-5-2-6-15-11-4-3-9(12)7-10(11)13/h3-4,7H,2,5-6H2,1H3. The van der Waals surface area contributed by atoms with Crippen molar-refractivity contribution in [2.24, 2.45) is 0 Å². The molecule has 0 atom stereocenters. The summed E-state index contributed by atoms with van der Waals surface area (Å²) in [5.41, 5.74) is 0.956. The van der Waals surface area contributed by atoms with Crippen molar-refractivity contribution in [1.82, 2.24) is 0 Å². The molecule has 4 heteroatoms. The maximum atomic E-state index is 11.5. The van der Waals surface area contributed by atoms with Gasteiger partial charge < -0.3 is 4.90 Å². The van der Waals surface area contributed by atoms with Crippen molar-refractivity contribution in [3.63, 3.8) is 0 Å². The van der Waals surface area contributed by atoms with Crippen molar-refractivity contribution in [3.05, 3.63) is 23.2 Å². The van der Waals surface area contributed by atoms with E-state index >= 15 is 0 Å². The number of carbonyl (C=O) groups is 1. The minimum absolute atomic E-state index is 0.0843. The zero-order valence-electron chi connectivity index (χ0n) is 8.50. The number of thioether (sulfide) groups is 1. The SMILES string of the molecule is CC(=O)N1CCCSc2ccc(Cl)cc21. The van der Waals surface area contributed by atoms with E-state index in [1.807, 2.05) is 18.2 Å². The number of benzene rings is 1. The number of amides is 1. The van der Waals surface area contributed by atoms with E-state index in [-0.39, 0.29) is 5.91 Å². The lowest BCUT2D eigenvalue weighted by Crippen LogP contribution is -2.29. The molecule has 0 saturated carbocycles. The maximum Gasteiger partial charge on any atom is 0.223 e. The Morgan fingerprint density at radius 2 is 2.33 bits per heavy atom. The Morgan fingerprint density at radius 3 is 3.07 bits per heavy atom. The molecule has 0 aromatic heterocycles. The van der Waals surface area contributed by atoms with Crippen LogP contribution in [0.4, 0.5) is 5.69 Å². The fourth-order valence-corrected chi connectivity index (χ4v) is 2.82. The van der Waals surface area contributed by atoms with Crippen molar-refractivity contribution in [3.8, 4) is 0 Å². The Balaban J connectivity index is 2.46. The van der Waals surface area contributed by atoms with Crippen LogP contribution >= 0.6 is 23.4 Å². The largest absolute Gasteiger partial charge is 0.311 e. The highest BCUT2D eigenvalue weighted by Crippen LogP contribution is 2.35. The van der Waals surface area contributed by atoms with Gasteiger partial charge in [-0.25, -0.2) is 0 Å². The second-order valence-corrected chi connectivity index (χ2v) is 5.06. The van der Waals surface area contributed by atoms with Crippen molar-refractivity contribution >= 4 is 35.0 Å². The van der Waals surface area contributed by atoms with Crippen LogP contribution in [0, 0.1) is 0 Å². The highest BCUT2D eigenvalue weighted by atomic mass is 35.5. The van der Waals surface area contributed by atoms with Crippen LogP contribution in [0.3, 0.4) is 0 Å². The molecule has 1 aliphatic rings. The summed E-state index contributed by atoms with van der Waals surface area (Å²) in [6.45, 7) is 2.39. The van der Waals surface area contributed by atoms with Gasteiger partial charge in [-0.3, -0.25) is 4.79 Å². The lowest BCUT2D eigenvalue weighted by molar-refractivity contribution is -0.116. The molecule has 2 nitrogen and oxygen atoms in total. The Labute approximate surface area is 98.6 Å². The van der Waals surface area contributed by atoms with Gasteiger partial charge in [0.05, 0.1) is 5.69 Å². The fourth-order valence-electron chi connectivity index (χ4n) is 1.68. The summed E-state index contributed by atoms with van der Waals surface area (Å²) in [6.07, 6.45) is 1.02. The van der Waals surface area contributed by atoms with Gasteiger partial charge in [0.25, 0.3) is 0 Å². The number of nitrogens with zero attached hydrogens (tertiary/aromatic N) is 1. The lowest BCUT2D eigenvalue weighted by Gasteiger charge is -2.20. The Hall–Kier alpha value is -0.670. The third kappa shape index (κ3) is 2.29. The molecule has 1 amide bonds. The Kier molecular flexibility index (Phi) is 3.22. The van der Waals surface area contributed by atoms with E-state index in [0.29, 0.717) is 5.02 Å². The molecule has 1 aromatic rings. The normalized spacial score (nSPS) is 15.7. The van der Waals surface area contributed by atoms with Gasteiger partial charge in [-0.05, 0) is 30.4 Å². The molecule has 0 N–H and O–H groups in total. The van der Waals surface area contributed by atoms with Crippen molar-refractivity contribution in [2.75, 3.05) is 17.2 Å². The highest BCUT2D eigenvalue weighted by Gasteiger charge is 2.18. The van der Waals surface area contributed by atoms with Gasteiger partial charge in [0, 0.05) is 23.4 Å². The molecular weight excluding hydrogens is 230 g/mol. The number of fused-ring (bicyclic) bond motifs is 1. The van der Waals surface area contributed by atoms with Crippen LogP contribution in [0.1, 0.15) is 13.3 Å². The second-order valence-electron chi connectivity index (χ2n) is 3.48. The first kappa shape index (κ1) is 10.8. The minimum atomic E-state index is 0.0843. The van der Waals surface area contributed by atoms with Crippen molar-refractivity contribution in [2.45, 2.75) is 18.2 Å². The lowest BCUT2D eigenvalue weighted by atomic mass is 10.2. The number of hydrogen-bond donors (Lipinski definition) is 0. The average molecular weight is 242 g/mol. The first-order chi connectivity index (χ1) is 7.18. The maximum absolute atomic E-state index is 11.5. The molecule has 0 spiro atoms. The first-order valence-corrected chi connectivity index (χ1v) is 6.25. The number of rotatable bonds is 0. The minimum Gasteiger partial charge on any atom is -0.311 e. The van der Waals surface area contributed by atoms with Gasteiger partial charge in [0.15, 0.2) is 0 Å². The predicted molar refractivity (Wildman–Crippen MR) is 64.8 cm³/mol. The monoisotopic (exact) mass is 241 g/mol. The van der Waals surface area contributed by atoms with E-state index in [4.69, 9.17) is 11.6 Å². The van der Waals surface area contributed by atoms with Crippen molar-refractivity contribution < 1.29 is 4.79 Å². The number of carbonyl (C=O) groups excluding carboxylic acids is 1. The number of hydrogen-bond acceptors (Lipinski definition) is 2. The molecule has 0 fully saturated rings. The van der Waals surface area contributed by atoms with Crippen molar-refractivity contribution in [1.29, 1.82) is 0 Å². The summed E-state index contributed by atoms with van der Waals surface area (Å²) < 4.78 is 0. The van der Waals surface area contributed by atoms with Crippen LogP contribution < -0.4 is 4.90 Å². The smallest absolute Gasteiger partial charge is 0.223 e. The molecule has 0 aliphatic carbocycles. The van der Waals surface area contributed by atoms with Gasteiger partial charge in [0.1, 0.15) is 0 Å². The number of anilines is 1. The van der Waals surface area contributed by atoms with E-state index in [1.165, 1.54) is 0 Å². The summed E-state index contributed by atoms with van der Waals surface area (Å²) in [5, 5.41) is 0.683. The fraction of sp³-hybridized carbons (Fsp3) is 0.364. The van der Waals surface area contributed by atoms with Crippen LogP contribution in [0.25, 0.3) is 0 Å². The molecule has 0 saturated heterocycles. The van der Waals surface area contributed by atoms with Gasteiger partial charge in [-0.2, -0.15) is 0 Å². The zero-order valence-corrected chi connectivity index (χ0v) is 10.1. The Morgan fingerprint density at radius 1 is 1.53 bits per heavy atom. The third-order valence-corrected chi connectivity index (χ3v) is 3.76. The molecule has 1 aromatic carbocycles. The van der Waals surface area contributed by atoms with Gasteiger partial charge >= 0.3 is 0 Å². The molecule has 1 heterocycles. The molecule has 80 valence electrons. The zero-order chi connectivity index (χ0) is 10.8. The van der Waals surface area contributed by atoms with Gasteiger partial charge in [-0.15, -0.1) is 11.8 Å². The van der Waals surface area contributed by atoms with E-state index in [9.17, 15) is 4.79 Å². The second kappa shape index (κ2) is 4.45.